The van der Waals surface area contributed by atoms with E-state index in [1.807, 2.05) is 25.7 Å². The van der Waals surface area contributed by atoms with Gasteiger partial charge >= 0.3 is 12.1 Å². The lowest BCUT2D eigenvalue weighted by Crippen LogP contribution is -2.53. The molecule has 0 aromatic heterocycles. The summed E-state index contributed by atoms with van der Waals surface area (Å²) in [5.41, 5.74) is -0.513. The lowest BCUT2D eigenvalue weighted by atomic mass is 9.91. The monoisotopic (exact) mass is 340 g/mol. The minimum atomic E-state index is -0.921. The summed E-state index contributed by atoms with van der Waals surface area (Å²) in [6.45, 7) is 7.33. The van der Waals surface area contributed by atoms with Crippen LogP contribution in [0.1, 0.15) is 52.9 Å². The van der Waals surface area contributed by atoms with E-state index in [1.54, 1.807) is 4.90 Å². The number of rotatable bonds is 3. The summed E-state index contributed by atoms with van der Waals surface area (Å²) in [7, 11) is 0. The number of carbonyl (C=O) groups is 3. The van der Waals surface area contributed by atoms with Gasteiger partial charge in [-0.1, -0.05) is 0 Å². The number of hydrogen-bond donors (Lipinski definition) is 1. The highest BCUT2D eigenvalue weighted by Crippen LogP contribution is 2.27. The smallest absolute Gasteiger partial charge is 0.410 e. The molecule has 2 heterocycles. The summed E-state index contributed by atoms with van der Waals surface area (Å²) in [6, 6.07) is 0.0905. The summed E-state index contributed by atoms with van der Waals surface area (Å²) >= 11 is 0. The maximum absolute atomic E-state index is 12.5. The van der Waals surface area contributed by atoms with Crippen molar-refractivity contribution < 1.29 is 24.2 Å². The molecule has 0 aromatic carbocycles. The van der Waals surface area contributed by atoms with Crippen molar-refractivity contribution in [3.05, 3.63) is 0 Å². The Morgan fingerprint density at radius 3 is 2.33 bits per heavy atom. The van der Waals surface area contributed by atoms with E-state index < -0.39 is 17.5 Å². The number of amides is 2. The van der Waals surface area contributed by atoms with E-state index in [0.29, 0.717) is 38.9 Å². The number of carboxylic acids is 1. The average Bonchev–Trinajstić information content (AvgIpc) is 2.47. The Balaban J connectivity index is 1.88. The van der Waals surface area contributed by atoms with Crippen LogP contribution < -0.4 is 0 Å². The van der Waals surface area contributed by atoms with E-state index in [4.69, 9.17) is 9.84 Å². The van der Waals surface area contributed by atoms with Crippen LogP contribution in [0.15, 0.2) is 0 Å². The third-order valence-corrected chi connectivity index (χ3v) is 4.56. The fourth-order valence-corrected chi connectivity index (χ4v) is 3.43. The average molecular weight is 340 g/mol. The van der Waals surface area contributed by atoms with Gasteiger partial charge < -0.3 is 19.6 Å². The Bertz CT molecular complexity index is 492. The maximum Gasteiger partial charge on any atom is 0.410 e. The Morgan fingerprint density at radius 1 is 1.17 bits per heavy atom. The van der Waals surface area contributed by atoms with Crippen LogP contribution in [-0.2, 0) is 14.3 Å². The molecule has 2 fully saturated rings. The highest BCUT2D eigenvalue weighted by molar-refractivity contribution is 5.84. The standard InChI is InChI=1S/C17H28N2O5/c1-17(2,3)24-16(23)18-9-6-13(7-10-18)19-8-4-5-12(15(19)22)11-14(20)21/h12-13H,4-11H2,1-3H3,(H,20,21)/t12-/m1/s1. The fraction of sp³-hybridized carbons (Fsp3) is 0.824. The second kappa shape index (κ2) is 7.40. The lowest BCUT2D eigenvalue weighted by Gasteiger charge is -2.42. The van der Waals surface area contributed by atoms with Crippen molar-refractivity contribution in [2.45, 2.75) is 64.5 Å². The topological polar surface area (TPSA) is 87.2 Å². The van der Waals surface area contributed by atoms with Crippen molar-refractivity contribution >= 4 is 18.0 Å². The SMILES string of the molecule is CC(C)(C)OC(=O)N1CCC(N2CCC[C@H](CC(=O)O)C2=O)CC1. The van der Waals surface area contributed by atoms with E-state index in [0.717, 1.165) is 6.42 Å². The van der Waals surface area contributed by atoms with Gasteiger partial charge in [-0.2, -0.15) is 0 Å². The van der Waals surface area contributed by atoms with Crippen molar-refractivity contribution in [1.82, 2.24) is 9.80 Å². The van der Waals surface area contributed by atoms with Crippen LogP contribution in [0.5, 0.6) is 0 Å². The number of likely N-dealkylation sites (tertiary alicyclic amines) is 2. The van der Waals surface area contributed by atoms with Gasteiger partial charge in [0.1, 0.15) is 5.60 Å². The molecule has 0 bridgehead atoms. The Hall–Kier alpha value is -1.79. The van der Waals surface area contributed by atoms with Crippen LogP contribution >= 0.6 is 0 Å². The summed E-state index contributed by atoms with van der Waals surface area (Å²) in [5, 5.41) is 8.94. The molecule has 0 radical (unpaired) electrons. The van der Waals surface area contributed by atoms with Crippen molar-refractivity contribution in [1.29, 1.82) is 0 Å². The predicted octanol–water partition coefficient (Wildman–Crippen LogP) is 2.10. The minimum absolute atomic E-state index is 0.0423. The third kappa shape index (κ3) is 4.85. The third-order valence-electron chi connectivity index (χ3n) is 4.56. The highest BCUT2D eigenvalue weighted by atomic mass is 16.6. The number of piperidine rings is 2. The molecule has 0 unspecified atom stereocenters. The maximum atomic E-state index is 12.5. The van der Waals surface area contributed by atoms with Crippen molar-refractivity contribution in [3.8, 4) is 0 Å². The van der Waals surface area contributed by atoms with Crippen LogP contribution in [0.25, 0.3) is 0 Å². The number of carbonyl (C=O) groups excluding carboxylic acids is 2. The summed E-state index contributed by atoms with van der Waals surface area (Å²) in [6.07, 6.45) is 2.52. The summed E-state index contributed by atoms with van der Waals surface area (Å²) in [4.78, 5) is 39.0. The molecule has 2 amide bonds. The quantitative estimate of drug-likeness (QED) is 0.850. The normalized spacial score (nSPS) is 23.3. The van der Waals surface area contributed by atoms with Crippen LogP contribution in [0, 0.1) is 5.92 Å². The number of nitrogens with zero attached hydrogens (tertiary/aromatic N) is 2. The molecule has 24 heavy (non-hydrogen) atoms. The van der Waals surface area contributed by atoms with E-state index >= 15 is 0 Å². The minimum Gasteiger partial charge on any atom is -0.481 e. The second-order valence-corrected chi connectivity index (χ2v) is 7.67. The van der Waals surface area contributed by atoms with Gasteiger partial charge in [-0.15, -0.1) is 0 Å². The molecule has 136 valence electrons. The van der Waals surface area contributed by atoms with Crippen LogP contribution in [0.3, 0.4) is 0 Å². The van der Waals surface area contributed by atoms with Gasteiger partial charge in [-0.05, 0) is 46.5 Å². The zero-order chi connectivity index (χ0) is 17.9. The molecular weight excluding hydrogens is 312 g/mol. The highest BCUT2D eigenvalue weighted by Gasteiger charge is 2.36. The molecule has 1 atom stereocenters. The Labute approximate surface area is 142 Å². The largest absolute Gasteiger partial charge is 0.481 e. The Kier molecular flexibility index (Phi) is 5.72. The van der Waals surface area contributed by atoms with Crippen LogP contribution in [0.2, 0.25) is 0 Å². The first kappa shape index (κ1) is 18.5. The predicted molar refractivity (Wildman–Crippen MR) is 87.5 cm³/mol. The number of carboxylic acid groups (broad SMARTS) is 1. The summed E-state index contributed by atoms with van der Waals surface area (Å²) in [5.74, 6) is -1.37. The molecule has 0 spiro atoms. The first-order valence-corrected chi connectivity index (χ1v) is 8.67. The first-order valence-electron chi connectivity index (χ1n) is 8.67. The zero-order valence-electron chi connectivity index (χ0n) is 14.8. The van der Waals surface area contributed by atoms with Gasteiger partial charge in [-0.3, -0.25) is 9.59 Å². The molecule has 7 heteroatoms. The molecule has 0 aliphatic carbocycles. The van der Waals surface area contributed by atoms with Crippen molar-refractivity contribution in [2.75, 3.05) is 19.6 Å². The Morgan fingerprint density at radius 2 is 1.79 bits per heavy atom. The molecule has 7 nitrogen and oxygen atoms in total. The molecule has 2 rings (SSSR count). The van der Waals surface area contributed by atoms with E-state index in [-0.39, 0.29) is 24.5 Å². The molecule has 0 saturated carbocycles. The van der Waals surface area contributed by atoms with Gasteiger partial charge in [0, 0.05) is 31.6 Å². The zero-order valence-corrected chi connectivity index (χ0v) is 14.8. The summed E-state index contributed by atoms with van der Waals surface area (Å²) < 4.78 is 5.38. The van der Waals surface area contributed by atoms with Crippen molar-refractivity contribution in [2.24, 2.45) is 5.92 Å². The second-order valence-electron chi connectivity index (χ2n) is 7.67. The lowest BCUT2D eigenvalue weighted by molar-refractivity contribution is -0.148. The van der Waals surface area contributed by atoms with Gasteiger partial charge in [-0.25, -0.2) is 4.79 Å². The molecular formula is C17H28N2O5. The van der Waals surface area contributed by atoms with Crippen molar-refractivity contribution in [3.63, 3.8) is 0 Å². The molecule has 0 aromatic rings. The van der Waals surface area contributed by atoms with Crippen LogP contribution in [0.4, 0.5) is 4.79 Å². The number of aliphatic carboxylic acids is 1. The van der Waals surface area contributed by atoms with Gasteiger partial charge in [0.2, 0.25) is 5.91 Å². The van der Waals surface area contributed by atoms with E-state index in [2.05, 4.69) is 0 Å². The van der Waals surface area contributed by atoms with E-state index in [9.17, 15) is 14.4 Å². The molecule has 2 aliphatic rings. The van der Waals surface area contributed by atoms with Gasteiger partial charge in [0.25, 0.3) is 0 Å². The fourth-order valence-electron chi connectivity index (χ4n) is 3.43. The van der Waals surface area contributed by atoms with Gasteiger partial charge in [0.15, 0.2) is 0 Å². The van der Waals surface area contributed by atoms with Crippen LogP contribution in [-0.4, -0.2) is 64.2 Å². The first-order chi connectivity index (χ1) is 11.2. The van der Waals surface area contributed by atoms with E-state index in [1.165, 1.54) is 0 Å². The molecule has 2 saturated heterocycles. The molecule has 2 aliphatic heterocycles. The van der Waals surface area contributed by atoms with Gasteiger partial charge in [0.05, 0.1) is 6.42 Å². The number of hydrogen-bond acceptors (Lipinski definition) is 4. The number of ether oxygens (including phenoxy) is 1. The molecule has 1 N–H and O–H groups in total.